The maximum absolute atomic E-state index is 12.9. The lowest BCUT2D eigenvalue weighted by molar-refractivity contribution is -0.148. The molecule has 162 valence electrons. The predicted molar refractivity (Wildman–Crippen MR) is 103 cm³/mol. The predicted octanol–water partition coefficient (Wildman–Crippen LogP) is -3.03. The monoisotopic (exact) mass is 423 g/mol. The summed E-state index contributed by atoms with van der Waals surface area (Å²) in [4.78, 5) is 60.3. The van der Waals surface area contributed by atoms with Crippen LogP contribution in [0.15, 0.2) is 4.99 Å². The molecule has 0 aromatic carbocycles. The second-order valence-electron chi connectivity index (χ2n) is 6.15. The van der Waals surface area contributed by atoms with Crippen LogP contribution in [0.3, 0.4) is 0 Å². The third-order valence-electron chi connectivity index (χ3n) is 3.67. The van der Waals surface area contributed by atoms with Crippen LogP contribution in [0.25, 0.3) is 0 Å². The van der Waals surface area contributed by atoms with Crippen molar-refractivity contribution in [1.82, 2.24) is 15.5 Å². The lowest BCUT2D eigenvalue weighted by Crippen LogP contribution is -2.56. The average molecular weight is 423 g/mol. The molecule has 14 heteroatoms. The molecule has 10 N–H and O–H groups in total. The number of carbonyl (C=O) groups is 3. The van der Waals surface area contributed by atoms with Gasteiger partial charge in [-0.2, -0.15) is 0 Å². The van der Waals surface area contributed by atoms with Crippen molar-refractivity contribution in [1.29, 1.82) is 0 Å². The van der Waals surface area contributed by atoms with Crippen LogP contribution in [-0.4, -0.2) is 76.4 Å². The quantitative estimate of drug-likeness (QED) is 0.0769. The van der Waals surface area contributed by atoms with Gasteiger partial charge in [-0.3, -0.25) is 28.8 Å². The Balaban J connectivity index is 5.69. The number of carbonyl (C=O) groups excluding carboxylic acids is 3. The van der Waals surface area contributed by atoms with E-state index in [1.165, 1.54) is 14.0 Å². The Hall–Kier alpha value is -2.05. The molecule has 3 amide bonds. The number of rotatable bonds is 11. The number of imide groups is 1. The standard InChI is InChI=1S/C14H30N7O6P/c1-8(15)12(23)20-10(5-4-6-19-14(16)17)13(24)21(11(22)7-18-3)9(2)28(25,26)27/h8-10,18H,4-7,15H2,1-3H3,(H,20,23)(H4,16,17,19)(H2,25,26,27)/t8-,9+,10-/m0/s1. The molecule has 0 unspecified atom stereocenters. The van der Waals surface area contributed by atoms with Gasteiger partial charge in [0.1, 0.15) is 11.8 Å². The van der Waals surface area contributed by atoms with Crippen molar-refractivity contribution in [2.45, 2.75) is 44.6 Å². The van der Waals surface area contributed by atoms with Crippen LogP contribution in [0.1, 0.15) is 26.7 Å². The fourth-order valence-electron chi connectivity index (χ4n) is 2.13. The SMILES string of the molecule is CNCC(=O)N(C(=O)[C@H](CCCN=C(N)N)NC(=O)[C@H](C)N)[C@@H](C)P(=O)(O)O. The van der Waals surface area contributed by atoms with Crippen LogP contribution in [0.5, 0.6) is 0 Å². The summed E-state index contributed by atoms with van der Waals surface area (Å²) in [6.07, 6.45) is 0.275. The fourth-order valence-corrected chi connectivity index (χ4v) is 2.68. The molecule has 0 saturated carbocycles. The number of amides is 3. The first kappa shape index (κ1) is 26.0. The maximum atomic E-state index is 12.9. The van der Waals surface area contributed by atoms with E-state index in [-0.39, 0.29) is 31.9 Å². The van der Waals surface area contributed by atoms with Gasteiger partial charge in [0.15, 0.2) is 5.96 Å². The van der Waals surface area contributed by atoms with Gasteiger partial charge in [-0.1, -0.05) is 0 Å². The molecule has 28 heavy (non-hydrogen) atoms. The minimum absolute atomic E-state index is 0.0191. The zero-order valence-corrected chi connectivity index (χ0v) is 17.1. The lowest BCUT2D eigenvalue weighted by atomic mass is 10.1. The molecule has 0 bridgehead atoms. The Morgan fingerprint density at radius 3 is 2.21 bits per heavy atom. The molecule has 0 aliphatic carbocycles. The zero-order chi connectivity index (χ0) is 22.1. The van der Waals surface area contributed by atoms with E-state index in [1.54, 1.807) is 0 Å². The first-order chi connectivity index (χ1) is 12.8. The molecular weight excluding hydrogens is 393 g/mol. The Labute approximate surface area is 163 Å². The summed E-state index contributed by atoms with van der Waals surface area (Å²) in [6, 6.07) is -2.18. The highest BCUT2D eigenvalue weighted by atomic mass is 31.2. The molecule has 0 rings (SSSR count). The Bertz CT molecular complexity index is 632. The molecule has 0 aliphatic heterocycles. The number of nitrogens with one attached hydrogen (secondary N) is 2. The average Bonchev–Trinajstić information content (AvgIpc) is 2.56. The van der Waals surface area contributed by atoms with Crippen LogP contribution in [0.2, 0.25) is 0 Å². The molecule has 0 spiro atoms. The summed E-state index contributed by atoms with van der Waals surface area (Å²) in [7, 11) is -3.38. The van der Waals surface area contributed by atoms with E-state index < -0.39 is 43.2 Å². The van der Waals surface area contributed by atoms with Crippen molar-refractivity contribution >= 4 is 31.3 Å². The Kier molecular flexibility index (Phi) is 10.9. The number of likely N-dealkylation sites (N-methyl/N-ethyl adjacent to an activating group) is 1. The number of guanidine groups is 1. The smallest absolute Gasteiger partial charge is 0.348 e. The van der Waals surface area contributed by atoms with E-state index in [9.17, 15) is 28.7 Å². The number of hydrogen-bond acceptors (Lipinski definition) is 7. The molecule has 3 atom stereocenters. The summed E-state index contributed by atoms with van der Waals surface area (Å²) in [5, 5.41) is 4.92. The van der Waals surface area contributed by atoms with Crippen molar-refractivity contribution < 1.29 is 28.7 Å². The summed E-state index contributed by atoms with van der Waals surface area (Å²) in [5.74, 6) is -4.34. The van der Waals surface area contributed by atoms with Crippen molar-refractivity contribution in [3.05, 3.63) is 0 Å². The second-order valence-corrected chi connectivity index (χ2v) is 8.08. The molecule has 0 heterocycles. The van der Waals surface area contributed by atoms with E-state index >= 15 is 0 Å². The summed E-state index contributed by atoms with van der Waals surface area (Å²) in [5.41, 5.74) is 16.0. The van der Waals surface area contributed by atoms with Crippen molar-refractivity contribution in [2.75, 3.05) is 20.1 Å². The van der Waals surface area contributed by atoms with Gasteiger partial charge in [-0.15, -0.1) is 0 Å². The van der Waals surface area contributed by atoms with E-state index in [2.05, 4.69) is 15.6 Å². The topological polar surface area (TPSA) is 226 Å². The minimum atomic E-state index is -4.82. The highest BCUT2D eigenvalue weighted by molar-refractivity contribution is 7.52. The highest BCUT2D eigenvalue weighted by Crippen LogP contribution is 2.42. The number of hydrogen-bond donors (Lipinski definition) is 7. The van der Waals surface area contributed by atoms with Crippen LogP contribution >= 0.6 is 7.60 Å². The third-order valence-corrected chi connectivity index (χ3v) is 4.87. The van der Waals surface area contributed by atoms with E-state index in [0.717, 1.165) is 6.92 Å². The van der Waals surface area contributed by atoms with Gasteiger partial charge in [-0.25, -0.2) is 0 Å². The molecule has 0 radical (unpaired) electrons. The van der Waals surface area contributed by atoms with Gasteiger partial charge in [0.2, 0.25) is 11.8 Å². The number of aliphatic imine (C=N–C) groups is 1. The van der Waals surface area contributed by atoms with Gasteiger partial charge in [0, 0.05) is 6.54 Å². The minimum Gasteiger partial charge on any atom is -0.370 e. The molecule has 0 fully saturated rings. The van der Waals surface area contributed by atoms with Crippen LogP contribution in [0, 0.1) is 0 Å². The molecule has 0 aromatic rings. The lowest BCUT2D eigenvalue weighted by Gasteiger charge is -2.31. The van der Waals surface area contributed by atoms with Gasteiger partial charge < -0.3 is 37.6 Å². The van der Waals surface area contributed by atoms with Crippen molar-refractivity contribution in [3.8, 4) is 0 Å². The Morgan fingerprint density at radius 1 is 1.21 bits per heavy atom. The molecular formula is C14H30N7O6P. The summed E-state index contributed by atoms with van der Waals surface area (Å²) >= 11 is 0. The van der Waals surface area contributed by atoms with Crippen LogP contribution in [0.4, 0.5) is 0 Å². The first-order valence-corrected chi connectivity index (χ1v) is 10.2. The normalized spacial score (nSPS) is 14.5. The zero-order valence-electron chi connectivity index (χ0n) is 16.2. The van der Waals surface area contributed by atoms with Crippen LogP contribution in [-0.2, 0) is 18.9 Å². The first-order valence-electron chi connectivity index (χ1n) is 8.50. The molecule has 0 saturated heterocycles. The number of nitrogens with two attached hydrogens (primary N) is 3. The van der Waals surface area contributed by atoms with Crippen LogP contribution < -0.4 is 27.8 Å². The van der Waals surface area contributed by atoms with Gasteiger partial charge >= 0.3 is 7.60 Å². The molecule has 0 aliphatic rings. The van der Waals surface area contributed by atoms with Gasteiger partial charge in [0.05, 0.1) is 12.6 Å². The Morgan fingerprint density at radius 2 is 1.79 bits per heavy atom. The van der Waals surface area contributed by atoms with E-state index in [0.29, 0.717) is 4.90 Å². The maximum Gasteiger partial charge on any atom is 0.348 e. The highest BCUT2D eigenvalue weighted by Gasteiger charge is 2.40. The summed E-state index contributed by atoms with van der Waals surface area (Å²) in [6.45, 7) is 2.27. The van der Waals surface area contributed by atoms with Gasteiger partial charge in [0.25, 0.3) is 5.91 Å². The van der Waals surface area contributed by atoms with Gasteiger partial charge in [-0.05, 0) is 33.7 Å². The molecule has 13 nitrogen and oxygen atoms in total. The third kappa shape index (κ3) is 8.76. The number of nitrogens with zero attached hydrogens (tertiary/aromatic N) is 2. The van der Waals surface area contributed by atoms with Crippen molar-refractivity contribution in [2.24, 2.45) is 22.2 Å². The second kappa shape index (κ2) is 11.7. The van der Waals surface area contributed by atoms with E-state index in [1.807, 2.05) is 0 Å². The largest absolute Gasteiger partial charge is 0.370 e. The van der Waals surface area contributed by atoms with E-state index in [4.69, 9.17) is 17.2 Å². The summed E-state index contributed by atoms with van der Waals surface area (Å²) < 4.78 is 11.6. The van der Waals surface area contributed by atoms with Crippen molar-refractivity contribution in [3.63, 3.8) is 0 Å². The molecule has 0 aromatic heterocycles. The fraction of sp³-hybridized carbons (Fsp3) is 0.714.